The Bertz CT molecular complexity index is 746. The van der Waals surface area contributed by atoms with Gasteiger partial charge in [-0.3, -0.25) is 9.69 Å². The van der Waals surface area contributed by atoms with E-state index in [1.165, 1.54) is 10.5 Å². The molecule has 0 aliphatic heterocycles. The first-order valence-corrected chi connectivity index (χ1v) is 10.6. The molecule has 28 heavy (non-hydrogen) atoms. The van der Waals surface area contributed by atoms with E-state index < -0.39 is 5.97 Å². The second-order valence-electron chi connectivity index (χ2n) is 7.41. The zero-order valence-electron chi connectivity index (χ0n) is 17.2. The van der Waals surface area contributed by atoms with Crippen molar-refractivity contribution < 1.29 is 14.6 Å². The monoisotopic (exact) mass is 401 g/mol. The fraction of sp³-hybridized carbons (Fsp3) is 0.435. The Morgan fingerprint density at radius 1 is 1.11 bits per heavy atom. The summed E-state index contributed by atoms with van der Waals surface area (Å²) in [5.74, 6) is 0.668. The lowest BCUT2D eigenvalue weighted by Gasteiger charge is -2.26. The van der Waals surface area contributed by atoms with Crippen LogP contribution in [-0.4, -0.2) is 41.7 Å². The number of benzene rings is 2. The van der Waals surface area contributed by atoms with Crippen molar-refractivity contribution in [1.29, 1.82) is 0 Å². The minimum Gasteiger partial charge on any atom is -0.491 e. The molecule has 1 N–H and O–H groups in total. The zero-order chi connectivity index (χ0) is 20.5. The molecule has 5 heteroatoms. The van der Waals surface area contributed by atoms with Crippen molar-refractivity contribution in [2.75, 3.05) is 19.7 Å². The molecule has 2 aromatic carbocycles. The third kappa shape index (κ3) is 7.21. The Morgan fingerprint density at radius 2 is 1.79 bits per heavy atom. The van der Waals surface area contributed by atoms with Crippen LogP contribution in [0.3, 0.4) is 0 Å². The van der Waals surface area contributed by atoms with Crippen LogP contribution in [0.1, 0.15) is 33.3 Å². The minimum atomic E-state index is -0.814. The molecule has 0 heterocycles. The Kier molecular flexibility index (Phi) is 8.87. The van der Waals surface area contributed by atoms with E-state index in [0.717, 1.165) is 17.1 Å². The SMILES string of the molecule is CCN(CC(=O)O)C(C)COc1ccccc1Sc1ccc(CC(C)C)cc1. The van der Waals surface area contributed by atoms with Crippen LogP contribution in [0.4, 0.5) is 0 Å². The molecule has 0 spiro atoms. The van der Waals surface area contributed by atoms with Gasteiger partial charge in [0.25, 0.3) is 0 Å². The van der Waals surface area contributed by atoms with Gasteiger partial charge in [-0.15, -0.1) is 0 Å². The summed E-state index contributed by atoms with van der Waals surface area (Å²) in [5, 5.41) is 9.04. The molecule has 1 unspecified atom stereocenters. The lowest BCUT2D eigenvalue weighted by molar-refractivity contribution is -0.138. The maximum absolute atomic E-state index is 11.0. The van der Waals surface area contributed by atoms with E-state index in [-0.39, 0.29) is 12.6 Å². The van der Waals surface area contributed by atoms with Crippen molar-refractivity contribution in [2.24, 2.45) is 5.92 Å². The van der Waals surface area contributed by atoms with Crippen molar-refractivity contribution >= 4 is 17.7 Å². The highest BCUT2D eigenvalue weighted by atomic mass is 32.2. The van der Waals surface area contributed by atoms with Crippen LogP contribution in [0.25, 0.3) is 0 Å². The number of rotatable bonds is 11. The highest BCUT2D eigenvalue weighted by Gasteiger charge is 2.16. The van der Waals surface area contributed by atoms with Crippen LogP contribution in [0, 0.1) is 5.92 Å². The summed E-state index contributed by atoms with van der Waals surface area (Å²) in [6.45, 7) is 9.57. The van der Waals surface area contributed by atoms with E-state index in [9.17, 15) is 4.79 Å². The number of ether oxygens (including phenoxy) is 1. The molecule has 0 radical (unpaired) electrons. The van der Waals surface area contributed by atoms with E-state index in [0.29, 0.717) is 19.1 Å². The van der Waals surface area contributed by atoms with Crippen molar-refractivity contribution in [2.45, 2.75) is 49.9 Å². The van der Waals surface area contributed by atoms with Crippen LogP contribution in [0.15, 0.2) is 58.3 Å². The average Bonchev–Trinajstić information content (AvgIpc) is 2.66. The molecule has 0 aliphatic carbocycles. The van der Waals surface area contributed by atoms with Crippen molar-refractivity contribution in [3.8, 4) is 5.75 Å². The average molecular weight is 402 g/mol. The predicted octanol–water partition coefficient (Wildman–Crippen LogP) is 5.21. The molecule has 0 bridgehead atoms. The first-order valence-electron chi connectivity index (χ1n) is 9.83. The molecule has 2 rings (SSSR count). The standard InChI is InChI=1S/C23H31NO3S/c1-5-24(15-23(25)26)18(4)16-27-21-8-6-7-9-22(21)28-20-12-10-19(11-13-20)14-17(2)3/h6-13,17-18H,5,14-16H2,1-4H3,(H,25,26). The van der Waals surface area contributed by atoms with Gasteiger partial charge in [-0.25, -0.2) is 0 Å². The molecular weight excluding hydrogens is 370 g/mol. The Labute approximate surface area is 172 Å². The minimum absolute atomic E-state index is 0.0227. The Hall–Kier alpha value is -1.98. The number of hydrogen-bond donors (Lipinski definition) is 1. The van der Waals surface area contributed by atoms with E-state index in [4.69, 9.17) is 9.84 Å². The molecule has 1 atom stereocenters. The van der Waals surface area contributed by atoms with Gasteiger partial charge >= 0.3 is 5.97 Å². The van der Waals surface area contributed by atoms with Gasteiger partial charge in [0.15, 0.2) is 0 Å². The van der Waals surface area contributed by atoms with Crippen molar-refractivity contribution in [3.05, 3.63) is 54.1 Å². The first-order chi connectivity index (χ1) is 13.4. The molecule has 0 aromatic heterocycles. The molecule has 0 amide bonds. The van der Waals surface area contributed by atoms with Gasteiger partial charge in [0.05, 0.1) is 11.4 Å². The second-order valence-corrected chi connectivity index (χ2v) is 8.52. The van der Waals surface area contributed by atoms with Crippen molar-refractivity contribution in [3.63, 3.8) is 0 Å². The zero-order valence-corrected chi connectivity index (χ0v) is 18.0. The summed E-state index contributed by atoms with van der Waals surface area (Å²) < 4.78 is 6.06. The second kappa shape index (κ2) is 11.1. The van der Waals surface area contributed by atoms with E-state index >= 15 is 0 Å². The smallest absolute Gasteiger partial charge is 0.317 e. The molecule has 0 saturated heterocycles. The number of carboxylic acids is 1. The first kappa shape index (κ1) is 22.3. The normalized spacial score (nSPS) is 12.4. The number of likely N-dealkylation sites (N-methyl/N-ethyl adjacent to an activating group) is 1. The van der Waals surface area contributed by atoms with Gasteiger partial charge in [0, 0.05) is 10.9 Å². The van der Waals surface area contributed by atoms with E-state index in [1.54, 1.807) is 11.8 Å². The van der Waals surface area contributed by atoms with Crippen molar-refractivity contribution in [1.82, 2.24) is 4.90 Å². The summed E-state index contributed by atoms with van der Waals surface area (Å²) in [6.07, 6.45) is 1.09. The molecule has 2 aromatic rings. The Balaban J connectivity index is 2.01. The van der Waals surface area contributed by atoms with Crippen LogP contribution in [-0.2, 0) is 11.2 Å². The highest BCUT2D eigenvalue weighted by molar-refractivity contribution is 7.99. The van der Waals surface area contributed by atoms with Gasteiger partial charge in [0.1, 0.15) is 12.4 Å². The predicted molar refractivity (Wildman–Crippen MR) is 115 cm³/mol. The van der Waals surface area contributed by atoms with Gasteiger partial charge in [-0.05, 0) is 55.6 Å². The maximum Gasteiger partial charge on any atom is 0.317 e. The number of carboxylic acid groups (broad SMARTS) is 1. The maximum atomic E-state index is 11.0. The number of hydrogen-bond acceptors (Lipinski definition) is 4. The summed E-state index contributed by atoms with van der Waals surface area (Å²) in [4.78, 5) is 15.1. The van der Waals surface area contributed by atoms with E-state index in [2.05, 4.69) is 44.2 Å². The van der Waals surface area contributed by atoms with Gasteiger partial charge < -0.3 is 9.84 Å². The number of nitrogens with zero attached hydrogens (tertiary/aromatic N) is 1. The van der Waals surface area contributed by atoms with Gasteiger partial charge in [-0.2, -0.15) is 0 Å². The molecular formula is C23H31NO3S. The largest absolute Gasteiger partial charge is 0.491 e. The lowest BCUT2D eigenvalue weighted by Crippen LogP contribution is -2.40. The lowest BCUT2D eigenvalue weighted by atomic mass is 10.0. The van der Waals surface area contributed by atoms with Crippen LogP contribution in [0.2, 0.25) is 0 Å². The highest BCUT2D eigenvalue weighted by Crippen LogP contribution is 2.35. The molecule has 0 saturated carbocycles. The number of carbonyl (C=O) groups is 1. The third-order valence-electron chi connectivity index (χ3n) is 4.49. The van der Waals surface area contributed by atoms with Gasteiger partial charge in [-0.1, -0.05) is 56.8 Å². The number of para-hydroxylation sites is 1. The number of aliphatic carboxylic acids is 1. The van der Waals surface area contributed by atoms with Gasteiger partial charge in [0.2, 0.25) is 0 Å². The molecule has 4 nitrogen and oxygen atoms in total. The molecule has 152 valence electrons. The summed E-state index contributed by atoms with van der Waals surface area (Å²) in [7, 11) is 0. The topological polar surface area (TPSA) is 49.8 Å². The van der Waals surface area contributed by atoms with E-state index in [1.807, 2.05) is 36.9 Å². The molecule has 0 fully saturated rings. The quantitative estimate of drug-likeness (QED) is 0.560. The fourth-order valence-corrected chi connectivity index (χ4v) is 3.91. The summed E-state index contributed by atoms with van der Waals surface area (Å²) >= 11 is 1.69. The molecule has 0 aliphatic rings. The summed E-state index contributed by atoms with van der Waals surface area (Å²) in [6, 6.07) is 16.7. The fourth-order valence-electron chi connectivity index (χ4n) is 3.01. The Morgan fingerprint density at radius 3 is 2.39 bits per heavy atom. The van der Waals surface area contributed by atoms with Crippen LogP contribution in [0.5, 0.6) is 5.75 Å². The summed E-state index contributed by atoms with van der Waals surface area (Å²) in [5.41, 5.74) is 1.36. The third-order valence-corrected chi connectivity index (χ3v) is 5.56. The van der Waals surface area contributed by atoms with Crippen LogP contribution < -0.4 is 4.74 Å². The van der Waals surface area contributed by atoms with Crippen LogP contribution >= 0.6 is 11.8 Å².